The van der Waals surface area contributed by atoms with Crippen LogP contribution in [0.1, 0.15) is 76.3 Å². The first-order valence-corrected chi connectivity index (χ1v) is 19.6. The smallest absolute Gasteiger partial charge is 0.248 e. The van der Waals surface area contributed by atoms with Gasteiger partial charge in [0.05, 0.1) is 5.52 Å². The molecule has 7 aromatic carbocycles. The summed E-state index contributed by atoms with van der Waals surface area (Å²) >= 11 is 0. The normalized spacial score (nSPS) is 15.6. The van der Waals surface area contributed by atoms with Crippen LogP contribution in [0, 0.1) is 0 Å². The third-order valence-corrected chi connectivity index (χ3v) is 13.5. The Morgan fingerprint density at radius 1 is 0.481 bits per heavy atom. The van der Waals surface area contributed by atoms with E-state index in [2.05, 4.69) is 193 Å². The second kappa shape index (κ2) is 10.5. The van der Waals surface area contributed by atoms with Gasteiger partial charge in [-0.3, -0.25) is 0 Å². The van der Waals surface area contributed by atoms with Gasteiger partial charge in [-0.05, 0) is 114 Å². The summed E-state index contributed by atoms with van der Waals surface area (Å²) < 4.78 is 2.61. The molecule has 54 heavy (non-hydrogen) atoms. The van der Waals surface area contributed by atoms with Crippen LogP contribution in [0.5, 0.6) is 0 Å². The van der Waals surface area contributed by atoms with Gasteiger partial charge in [0.25, 0.3) is 0 Å². The molecule has 0 N–H and O–H groups in total. The largest absolute Gasteiger partial charge is 0.310 e. The molecule has 0 saturated heterocycles. The highest BCUT2D eigenvalue weighted by atomic mass is 15.0. The fourth-order valence-corrected chi connectivity index (χ4v) is 10.0. The average molecular weight is 694 g/mol. The summed E-state index contributed by atoms with van der Waals surface area (Å²) in [6.45, 7) is 16.6. The second-order valence-electron chi connectivity index (χ2n) is 18.2. The third kappa shape index (κ3) is 4.23. The lowest BCUT2D eigenvalue weighted by molar-refractivity contribution is 0.591. The molecule has 0 unspecified atom stereocenters. The highest BCUT2D eigenvalue weighted by Crippen LogP contribution is 2.44. The number of hydrogen-bond acceptors (Lipinski definition) is 0. The van der Waals surface area contributed by atoms with E-state index < -0.39 is 0 Å². The topological polar surface area (TPSA) is 4.93 Å². The summed E-state index contributed by atoms with van der Waals surface area (Å²) in [5.41, 5.74) is 22.1. The number of hydrogen-bond donors (Lipinski definition) is 0. The first kappa shape index (κ1) is 31.9. The van der Waals surface area contributed by atoms with Gasteiger partial charge in [0.2, 0.25) is 6.71 Å². The van der Waals surface area contributed by atoms with Gasteiger partial charge in [0, 0.05) is 32.8 Å². The molecule has 0 aliphatic carbocycles. The van der Waals surface area contributed by atoms with Gasteiger partial charge < -0.3 is 4.57 Å². The predicted molar refractivity (Wildman–Crippen MR) is 231 cm³/mol. The third-order valence-electron chi connectivity index (χ3n) is 13.5. The monoisotopic (exact) mass is 693 g/mol. The van der Waals surface area contributed by atoms with Crippen molar-refractivity contribution in [2.45, 2.75) is 64.7 Å². The van der Waals surface area contributed by atoms with Gasteiger partial charge in [0.15, 0.2) is 0 Å². The quantitative estimate of drug-likeness (QED) is 0.151. The summed E-state index contributed by atoms with van der Waals surface area (Å²) in [6.07, 6.45) is 0. The van der Waals surface area contributed by atoms with Gasteiger partial charge in [-0.15, -0.1) is 0 Å². The molecular weight excluding hydrogens is 649 g/mol. The van der Waals surface area contributed by atoms with Crippen molar-refractivity contribution in [3.8, 4) is 39.1 Å². The zero-order chi connectivity index (χ0) is 36.9. The van der Waals surface area contributed by atoms with Crippen molar-refractivity contribution in [3.63, 3.8) is 0 Å². The summed E-state index contributed by atoms with van der Waals surface area (Å²) in [7, 11) is 0. The maximum Gasteiger partial charge on any atom is 0.248 e. The van der Waals surface area contributed by atoms with Crippen molar-refractivity contribution in [1.82, 2.24) is 4.57 Å². The lowest BCUT2D eigenvalue weighted by Gasteiger charge is -2.33. The van der Waals surface area contributed by atoms with E-state index in [1.165, 1.54) is 105 Å². The Kier molecular flexibility index (Phi) is 6.23. The highest BCUT2D eigenvalue weighted by molar-refractivity contribution is 6.99. The molecule has 2 heteroatoms. The zero-order valence-electron chi connectivity index (χ0n) is 32.3. The van der Waals surface area contributed by atoms with E-state index in [0.717, 1.165) is 0 Å². The average Bonchev–Trinajstić information content (AvgIpc) is 3.50. The van der Waals surface area contributed by atoms with Gasteiger partial charge in [0.1, 0.15) is 0 Å². The molecule has 0 atom stereocenters. The van der Waals surface area contributed by atoms with Crippen LogP contribution in [0.2, 0.25) is 0 Å². The van der Waals surface area contributed by atoms with Crippen molar-refractivity contribution in [3.05, 3.63) is 167 Å². The van der Waals surface area contributed by atoms with Crippen LogP contribution in [-0.4, -0.2) is 11.3 Å². The molecule has 1 nitrogen and oxygen atoms in total. The summed E-state index contributed by atoms with van der Waals surface area (Å²) in [6, 6.07) is 54.7. The van der Waals surface area contributed by atoms with Crippen molar-refractivity contribution < 1.29 is 0 Å². The summed E-state index contributed by atoms with van der Waals surface area (Å²) in [5, 5.41) is 2.69. The van der Waals surface area contributed by atoms with E-state index in [9.17, 15) is 0 Å². The van der Waals surface area contributed by atoms with Crippen LogP contribution in [-0.2, 0) is 16.2 Å². The van der Waals surface area contributed by atoms with Crippen LogP contribution in [0.25, 0.3) is 60.9 Å². The van der Waals surface area contributed by atoms with Crippen LogP contribution in [0.4, 0.5) is 0 Å². The van der Waals surface area contributed by atoms with Gasteiger partial charge in [-0.2, -0.15) is 0 Å². The Labute approximate surface area is 319 Å². The first-order chi connectivity index (χ1) is 25.9. The predicted octanol–water partition coefficient (Wildman–Crippen LogP) is 11.2. The molecule has 5 aliphatic heterocycles. The Hall–Kier alpha value is -5.60. The lowest BCUT2D eigenvalue weighted by atomic mass is 9.33. The number of rotatable bonds is 1. The molecule has 0 fully saturated rings. The minimum Gasteiger partial charge on any atom is -0.310 e. The first-order valence-electron chi connectivity index (χ1n) is 19.6. The summed E-state index contributed by atoms with van der Waals surface area (Å²) in [4.78, 5) is 0. The number of aromatic nitrogens is 1. The van der Waals surface area contributed by atoms with Crippen LogP contribution in [0.3, 0.4) is 0 Å². The second-order valence-corrected chi connectivity index (χ2v) is 18.2. The van der Waals surface area contributed by atoms with E-state index in [0.29, 0.717) is 0 Å². The van der Waals surface area contributed by atoms with Crippen molar-refractivity contribution in [2.75, 3.05) is 0 Å². The van der Waals surface area contributed by atoms with Gasteiger partial charge in [-0.1, -0.05) is 157 Å². The number of nitrogens with zero attached hydrogens (tertiary/aromatic N) is 1. The zero-order valence-corrected chi connectivity index (χ0v) is 32.3. The van der Waals surface area contributed by atoms with Gasteiger partial charge >= 0.3 is 0 Å². The van der Waals surface area contributed by atoms with Gasteiger partial charge in [-0.25, -0.2) is 0 Å². The van der Waals surface area contributed by atoms with Crippen LogP contribution < -0.4 is 16.4 Å². The Balaban J connectivity index is 1.39. The Morgan fingerprint density at radius 3 is 1.70 bits per heavy atom. The fourth-order valence-electron chi connectivity index (χ4n) is 10.0. The number of fused-ring (bicyclic) bond motifs is 8. The van der Waals surface area contributed by atoms with E-state index in [-0.39, 0.29) is 23.0 Å². The lowest BCUT2D eigenvalue weighted by Crippen LogP contribution is -2.57. The van der Waals surface area contributed by atoms with E-state index >= 15 is 0 Å². The molecule has 0 radical (unpaired) electrons. The molecule has 0 saturated carbocycles. The number of benzene rings is 7. The standard InChI is InChI=1S/C52H44BN/c1-50(2,3)37-21-23-46-42(27-37)43-28-39-30-45-49(43)54(46)47-24-22-38-29-44(47)53(45)48-40(32-13-17-35(18-14-32)51(38,4)5)25-34(31-11-9-8-10-12-31)26-41(48)33-15-19-36(20-16-33)52(39,6)7/h8-30H,1-7H3. The van der Waals surface area contributed by atoms with E-state index in [1.54, 1.807) is 0 Å². The molecule has 8 bridgehead atoms. The van der Waals surface area contributed by atoms with Crippen molar-refractivity contribution in [1.29, 1.82) is 0 Å². The molecular formula is C52H44BN. The van der Waals surface area contributed by atoms with Crippen LogP contribution >= 0.6 is 0 Å². The molecule has 0 amide bonds. The molecule has 6 heterocycles. The van der Waals surface area contributed by atoms with E-state index in [1.807, 2.05) is 0 Å². The molecule has 0 spiro atoms. The Bertz CT molecular complexity index is 2860. The van der Waals surface area contributed by atoms with Crippen molar-refractivity contribution in [2.24, 2.45) is 0 Å². The maximum atomic E-state index is 2.61. The molecule has 5 aliphatic rings. The SMILES string of the molecule is CC(C)(C)c1ccc2c(c1)c1cc3cc4c1n2-c1ccc2cc1B4c1c(cc(-c4ccccc4)cc1-c1ccc(cc1)C3(C)C)-c1ccc(cc1)C2(C)C. The summed E-state index contributed by atoms with van der Waals surface area (Å²) in [5.74, 6) is 0. The fraction of sp³-hybridized carbons (Fsp3) is 0.192. The Morgan fingerprint density at radius 2 is 1.07 bits per heavy atom. The minimum atomic E-state index is -0.207. The highest BCUT2D eigenvalue weighted by Gasteiger charge is 2.41. The maximum absolute atomic E-state index is 2.61. The van der Waals surface area contributed by atoms with Crippen LogP contribution in [0.15, 0.2) is 140 Å². The molecule has 260 valence electrons. The molecule has 1 aromatic heterocycles. The minimum absolute atomic E-state index is 0.00984. The molecule has 8 aromatic rings. The van der Waals surface area contributed by atoms with Crippen molar-refractivity contribution >= 4 is 44.9 Å². The van der Waals surface area contributed by atoms with E-state index in [4.69, 9.17) is 0 Å². The molecule has 13 rings (SSSR count).